The third-order valence-electron chi connectivity index (χ3n) is 4.32. The smallest absolute Gasteiger partial charge is 0.269 e. The number of benzene rings is 2. The van der Waals surface area contributed by atoms with E-state index in [1.165, 1.54) is 24.3 Å². The molecule has 0 bridgehead atoms. The molecule has 0 aliphatic carbocycles. The van der Waals surface area contributed by atoms with Crippen LogP contribution in [-0.4, -0.2) is 49.1 Å². The number of non-ortho nitro benzene ring substituents is 1. The number of nitro groups is 1. The predicted molar refractivity (Wildman–Crippen MR) is 107 cm³/mol. The Morgan fingerprint density at radius 1 is 1.11 bits per heavy atom. The zero-order valence-electron chi connectivity index (χ0n) is 16.3. The monoisotopic (exact) mass is 387 g/mol. The average Bonchev–Trinajstić information content (AvgIpc) is 2.71. The first-order chi connectivity index (χ1) is 13.5. The maximum absolute atomic E-state index is 12.4. The molecule has 0 heterocycles. The summed E-state index contributed by atoms with van der Waals surface area (Å²) in [5.74, 6) is 0.748. The standard InChI is InChI=1S/C20H25N3O5/c1-4-22(5-2)12-13-28-19-14-16(8-11-18(19)27-3)21-20(24)15-6-9-17(10-7-15)23(25)26/h6-11,14H,4-5,12-13H2,1-3H3,(H,21,24). The van der Waals surface area contributed by atoms with Crippen LogP contribution in [-0.2, 0) is 0 Å². The molecule has 2 aromatic carbocycles. The van der Waals surface area contributed by atoms with Gasteiger partial charge in [0.05, 0.1) is 12.0 Å². The SMILES string of the molecule is CCN(CC)CCOc1cc(NC(=O)c2ccc([N+](=O)[O-])cc2)ccc1OC. The number of carbonyl (C=O) groups excluding carboxylic acids is 1. The Bertz CT molecular complexity index is 804. The number of nitrogens with zero attached hydrogens (tertiary/aromatic N) is 2. The Hall–Kier alpha value is -3.13. The van der Waals surface area contributed by atoms with Gasteiger partial charge < -0.3 is 19.7 Å². The maximum Gasteiger partial charge on any atom is 0.269 e. The minimum Gasteiger partial charge on any atom is -0.493 e. The molecule has 0 atom stereocenters. The number of nitrogens with one attached hydrogen (secondary N) is 1. The van der Waals surface area contributed by atoms with Crippen LogP contribution in [0, 0.1) is 10.1 Å². The van der Waals surface area contributed by atoms with Gasteiger partial charge in [-0.15, -0.1) is 0 Å². The quantitative estimate of drug-likeness (QED) is 0.495. The third kappa shape index (κ3) is 5.68. The predicted octanol–water partition coefficient (Wildman–Crippen LogP) is 3.58. The highest BCUT2D eigenvalue weighted by Gasteiger charge is 2.12. The molecule has 2 rings (SSSR count). The topological polar surface area (TPSA) is 93.9 Å². The van der Waals surface area contributed by atoms with E-state index in [9.17, 15) is 14.9 Å². The van der Waals surface area contributed by atoms with E-state index in [2.05, 4.69) is 24.1 Å². The third-order valence-corrected chi connectivity index (χ3v) is 4.32. The number of ether oxygens (including phenoxy) is 2. The highest BCUT2D eigenvalue weighted by atomic mass is 16.6. The van der Waals surface area contributed by atoms with Crippen LogP contribution < -0.4 is 14.8 Å². The van der Waals surface area contributed by atoms with Crippen molar-refractivity contribution in [1.82, 2.24) is 4.90 Å². The maximum atomic E-state index is 12.4. The number of nitro benzene ring substituents is 1. The van der Waals surface area contributed by atoms with E-state index < -0.39 is 4.92 Å². The van der Waals surface area contributed by atoms with E-state index in [1.807, 2.05) is 0 Å². The van der Waals surface area contributed by atoms with Gasteiger partial charge in [0.25, 0.3) is 11.6 Å². The normalized spacial score (nSPS) is 10.6. The fraction of sp³-hybridized carbons (Fsp3) is 0.350. The number of amides is 1. The highest BCUT2D eigenvalue weighted by molar-refractivity contribution is 6.04. The van der Waals surface area contributed by atoms with Crippen molar-refractivity contribution in [2.45, 2.75) is 13.8 Å². The minimum atomic E-state index is -0.507. The minimum absolute atomic E-state index is 0.0649. The zero-order chi connectivity index (χ0) is 20.5. The number of hydrogen-bond donors (Lipinski definition) is 1. The van der Waals surface area contributed by atoms with E-state index in [4.69, 9.17) is 9.47 Å². The lowest BCUT2D eigenvalue weighted by atomic mass is 10.2. The van der Waals surface area contributed by atoms with Crippen LogP contribution in [0.4, 0.5) is 11.4 Å². The molecule has 8 nitrogen and oxygen atoms in total. The summed E-state index contributed by atoms with van der Waals surface area (Å²) < 4.78 is 11.2. The molecule has 0 fully saturated rings. The first kappa shape index (κ1) is 21.2. The van der Waals surface area contributed by atoms with Crippen LogP contribution in [0.5, 0.6) is 11.5 Å². The van der Waals surface area contributed by atoms with Crippen molar-refractivity contribution < 1.29 is 19.2 Å². The Labute approximate surface area is 164 Å². The average molecular weight is 387 g/mol. The van der Waals surface area contributed by atoms with Crippen molar-refractivity contribution >= 4 is 17.3 Å². The molecule has 0 saturated heterocycles. The summed E-state index contributed by atoms with van der Waals surface area (Å²) in [4.78, 5) is 24.8. The second kappa shape index (κ2) is 10.3. The van der Waals surface area contributed by atoms with Crippen molar-refractivity contribution in [2.24, 2.45) is 0 Å². The number of likely N-dealkylation sites (N-methyl/N-ethyl adjacent to an activating group) is 1. The Morgan fingerprint density at radius 3 is 2.36 bits per heavy atom. The molecule has 150 valence electrons. The first-order valence-corrected chi connectivity index (χ1v) is 9.07. The van der Waals surface area contributed by atoms with Gasteiger partial charge in [0, 0.05) is 36.0 Å². The molecule has 0 saturated carbocycles. The van der Waals surface area contributed by atoms with Crippen molar-refractivity contribution in [1.29, 1.82) is 0 Å². The van der Waals surface area contributed by atoms with Crippen LogP contribution >= 0.6 is 0 Å². The molecule has 1 N–H and O–H groups in total. The number of hydrogen-bond acceptors (Lipinski definition) is 6. The summed E-state index contributed by atoms with van der Waals surface area (Å²) in [6, 6.07) is 10.5. The van der Waals surface area contributed by atoms with E-state index in [0.29, 0.717) is 29.4 Å². The van der Waals surface area contributed by atoms with Gasteiger partial charge in [-0.05, 0) is 37.4 Å². The van der Waals surface area contributed by atoms with E-state index in [1.54, 1.807) is 25.3 Å². The van der Waals surface area contributed by atoms with Gasteiger partial charge in [0.2, 0.25) is 0 Å². The highest BCUT2D eigenvalue weighted by Crippen LogP contribution is 2.30. The first-order valence-electron chi connectivity index (χ1n) is 9.07. The summed E-state index contributed by atoms with van der Waals surface area (Å²) in [6.07, 6.45) is 0. The van der Waals surface area contributed by atoms with Gasteiger partial charge in [-0.3, -0.25) is 14.9 Å². The molecule has 0 aromatic heterocycles. The molecule has 0 radical (unpaired) electrons. The molecule has 1 amide bonds. The molecule has 2 aromatic rings. The van der Waals surface area contributed by atoms with Crippen LogP contribution in [0.3, 0.4) is 0 Å². The van der Waals surface area contributed by atoms with Crippen LogP contribution in [0.15, 0.2) is 42.5 Å². The molecule has 28 heavy (non-hydrogen) atoms. The lowest BCUT2D eigenvalue weighted by Gasteiger charge is -2.19. The molecule has 8 heteroatoms. The molecule has 0 unspecified atom stereocenters. The lowest BCUT2D eigenvalue weighted by Crippen LogP contribution is -2.28. The molecule has 0 aliphatic heterocycles. The summed E-state index contributed by atoms with van der Waals surface area (Å²) in [5.41, 5.74) is 0.803. The molecular formula is C20H25N3O5. The number of anilines is 1. The lowest BCUT2D eigenvalue weighted by molar-refractivity contribution is -0.384. The van der Waals surface area contributed by atoms with Crippen LogP contribution in [0.25, 0.3) is 0 Å². The zero-order valence-corrected chi connectivity index (χ0v) is 16.3. The van der Waals surface area contributed by atoms with Crippen molar-refractivity contribution in [3.8, 4) is 11.5 Å². The number of carbonyl (C=O) groups is 1. The van der Waals surface area contributed by atoms with Gasteiger partial charge in [0.15, 0.2) is 11.5 Å². The van der Waals surface area contributed by atoms with Crippen LogP contribution in [0.1, 0.15) is 24.2 Å². The fourth-order valence-electron chi connectivity index (χ4n) is 2.63. The van der Waals surface area contributed by atoms with E-state index >= 15 is 0 Å². The summed E-state index contributed by atoms with van der Waals surface area (Å²) in [5, 5.41) is 13.5. The van der Waals surface area contributed by atoms with E-state index in [-0.39, 0.29) is 11.6 Å². The molecule has 0 aliphatic rings. The molecular weight excluding hydrogens is 362 g/mol. The van der Waals surface area contributed by atoms with Gasteiger partial charge in [-0.2, -0.15) is 0 Å². The summed E-state index contributed by atoms with van der Waals surface area (Å²) in [6.45, 7) is 7.37. The Balaban J connectivity index is 2.06. The van der Waals surface area contributed by atoms with Crippen molar-refractivity contribution in [3.05, 3.63) is 58.1 Å². The summed E-state index contributed by atoms with van der Waals surface area (Å²) >= 11 is 0. The van der Waals surface area contributed by atoms with Gasteiger partial charge in [0.1, 0.15) is 6.61 Å². The van der Waals surface area contributed by atoms with Crippen molar-refractivity contribution in [3.63, 3.8) is 0 Å². The number of rotatable bonds is 10. The fourth-order valence-corrected chi connectivity index (χ4v) is 2.63. The number of methoxy groups -OCH3 is 1. The second-order valence-electron chi connectivity index (χ2n) is 6.00. The Morgan fingerprint density at radius 2 is 1.79 bits per heavy atom. The van der Waals surface area contributed by atoms with Crippen molar-refractivity contribution in [2.75, 3.05) is 38.7 Å². The Kier molecular flexibility index (Phi) is 7.76. The van der Waals surface area contributed by atoms with Gasteiger partial charge in [-0.25, -0.2) is 0 Å². The van der Waals surface area contributed by atoms with Crippen LogP contribution in [0.2, 0.25) is 0 Å². The summed E-state index contributed by atoms with van der Waals surface area (Å²) in [7, 11) is 1.56. The largest absolute Gasteiger partial charge is 0.493 e. The van der Waals surface area contributed by atoms with Gasteiger partial charge >= 0.3 is 0 Å². The van der Waals surface area contributed by atoms with Gasteiger partial charge in [-0.1, -0.05) is 13.8 Å². The second-order valence-corrected chi connectivity index (χ2v) is 6.00. The van der Waals surface area contributed by atoms with E-state index in [0.717, 1.165) is 19.6 Å². The molecule has 0 spiro atoms.